The third-order valence-corrected chi connectivity index (χ3v) is 16.0. The van der Waals surface area contributed by atoms with Crippen LogP contribution in [0.25, 0.3) is 11.3 Å². The summed E-state index contributed by atoms with van der Waals surface area (Å²) in [5.74, 6) is -1.82. The molecule has 10 rings (SSSR count). The van der Waals surface area contributed by atoms with Crippen molar-refractivity contribution in [2.24, 2.45) is 0 Å². The van der Waals surface area contributed by atoms with Crippen molar-refractivity contribution < 1.29 is 44.2 Å². The molecule has 15 nitrogen and oxygen atoms in total. The van der Waals surface area contributed by atoms with Crippen molar-refractivity contribution in [3.05, 3.63) is 101 Å². The van der Waals surface area contributed by atoms with Gasteiger partial charge >= 0.3 is 0 Å². The number of fused-ring (bicyclic) bond motifs is 4. The molecule has 322 valence electrons. The maximum Gasteiger partial charge on any atom is 0.248 e. The predicted octanol–water partition coefficient (Wildman–Crippen LogP) is 5.76. The van der Waals surface area contributed by atoms with Crippen molar-refractivity contribution in [2.75, 3.05) is 46.5 Å². The molecule has 0 radical (unpaired) electrons. The van der Waals surface area contributed by atoms with Gasteiger partial charge in [0.2, 0.25) is 20.0 Å². The summed E-state index contributed by atoms with van der Waals surface area (Å²) in [6.45, 7) is 5.37. The summed E-state index contributed by atoms with van der Waals surface area (Å²) in [4.78, 5) is 7.22. The molecule has 1 atom stereocenters. The number of sulfonamides is 2. The standard InChI is InChI=1S/C21H22F2N4O3S.C20H21FN4O4S/c1-12-7-18-24-11-25-27(18)9-15(12)14-3-5-26(6-4-14)31(28,29)21-16(22)8-17-19(20(21)23)13(2)10-30-17;1-28-18-8-15(11-25-20(18)22-12-23-25)13-2-5-24(6-3-13)30(26,27)19-9-14-4-7-29-17(14)10-16(19)21/h7-9,11,13-14H,3-6,10H2,1-2H3;8-13H,2-7H2,1H3. The third kappa shape index (κ3) is 7.35. The SMILES string of the molecule is COc1cc(C2CCN(S(=O)(=O)c3cc4c(cc3F)OCC4)CC2)cn2ncnc12.Cc1cc2ncnn2cc1C1CCN(S(=O)(=O)c2c(F)cc3c(c2F)C(C)CO3)CC1. The van der Waals surface area contributed by atoms with Gasteiger partial charge in [0.25, 0.3) is 0 Å². The van der Waals surface area contributed by atoms with E-state index in [9.17, 15) is 25.6 Å². The van der Waals surface area contributed by atoms with Crippen LogP contribution in [0.4, 0.5) is 13.2 Å². The van der Waals surface area contributed by atoms with E-state index >= 15 is 4.39 Å². The highest BCUT2D eigenvalue weighted by Gasteiger charge is 2.39. The average molecular weight is 881 g/mol. The Morgan fingerprint density at radius 2 is 1.44 bits per heavy atom. The number of nitrogens with zero attached hydrogens (tertiary/aromatic N) is 8. The number of benzene rings is 2. The van der Waals surface area contributed by atoms with E-state index in [4.69, 9.17) is 14.2 Å². The summed E-state index contributed by atoms with van der Waals surface area (Å²) in [5, 5.41) is 8.35. The number of hydrogen-bond donors (Lipinski definition) is 0. The van der Waals surface area contributed by atoms with Gasteiger partial charge in [0.05, 0.1) is 20.3 Å². The van der Waals surface area contributed by atoms with E-state index in [1.807, 2.05) is 31.5 Å². The fraction of sp³-hybridized carbons (Fsp3) is 0.415. The molecule has 0 amide bonds. The molecule has 6 aromatic rings. The molecule has 0 bridgehead atoms. The Bertz CT molecular complexity index is 2890. The quantitative estimate of drug-likeness (QED) is 0.192. The van der Waals surface area contributed by atoms with Crippen molar-refractivity contribution in [1.29, 1.82) is 0 Å². The number of ether oxygens (including phenoxy) is 3. The highest BCUT2D eigenvalue weighted by atomic mass is 32.2. The first-order valence-corrected chi connectivity index (χ1v) is 22.9. The monoisotopic (exact) mass is 880 g/mol. The van der Waals surface area contributed by atoms with Gasteiger partial charge in [0.15, 0.2) is 27.8 Å². The lowest BCUT2D eigenvalue weighted by Crippen LogP contribution is -2.39. The predicted molar refractivity (Wildman–Crippen MR) is 215 cm³/mol. The molecular formula is C41H43F3N8O7S2. The van der Waals surface area contributed by atoms with Crippen molar-refractivity contribution in [1.82, 2.24) is 37.8 Å². The van der Waals surface area contributed by atoms with E-state index in [1.165, 1.54) is 33.4 Å². The Balaban J connectivity index is 0.000000156. The molecule has 0 N–H and O–H groups in total. The molecule has 8 heterocycles. The van der Waals surface area contributed by atoms with Gasteiger partial charge in [-0.15, -0.1) is 0 Å². The van der Waals surface area contributed by atoms with Gasteiger partial charge in [0.1, 0.15) is 40.7 Å². The van der Waals surface area contributed by atoms with Crippen LogP contribution >= 0.6 is 0 Å². The lowest BCUT2D eigenvalue weighted by atomic mass is 9.89. The molecule has 2 saturated heterocycles. The van der Waals surface area contributed by atoms with Gasteiger partial charge in [-0.2, -0.15) is 18.8 Å². The van der Waals surface area contributed by atoms with Crippen LogP contribution < -0.4 is 14.2 Å². The zero-order chi connectivity index (χ0) is 42.8. The number of aryl methyl sites for hydroxylation is 1. The minimum atomic E-state index is -4.31. The Kier molecular flexibility index (Phi) is 10.7. The van der Waals surface area contributed by atoms with Crippen LogP contribution in [0.3, 0.4) is 0 Å². The molecule has 0 saturated carbocycles. The number of methoxy groups -OCH3 is 1. The number of halogens is 3. The van der Waals surface area contributed by atoms with Crippen molar-refractivity contribution in [3.63, 3.8) is 0 Å². The second kappa shape index (κ2) is 15.9. The van der Waals surface area contributed by atoms with Crippen LogP contribution in [0, 0.1) is 24.4 Å². The van der Waals surface area contributed by atoms with Crippen molar-refractivity contribution in [2.45, 2.75) is 73.5 Å². The minimum absolute atomic E-state index is 0.0825. The summed E-state index contributed by atoms with van der Waals surface area (Å²) < 4.78 is 119. The second-order valence-electron chi connectivity index (χ2n) is 15.8. The normalized spacial score (nSPS) is 19.0. The number of aromatic nitrogens is 6. The van der Waals surface area contributed by atoms with E-state index in [2.05, 4.69) is 20.2 Å². The van der Waals surface area contributed by atoms with Crippen molar-refractivity contribution >= 4 is 31.3 Å². The van der Waals surface area contributed by atoms with E-state index in [-0.39, 0.29) is 53.7 Å². The smallest absolute Gasteiger partial charge is 0.248 e. The fourth-order valence-electron chi connectivity index (χ4n) is 8.88. The summed E-state index contributed by atoms with van der Waals surface area (Å²) in [6, 6.07) is 7.46. The fourth-order valence-corrected chi connectivity index (χ4v) is 12.0. The van der Waals surface area contributed by atoms with Crippen LogP contribution in [-0.4, -0.2) is 101 Å². The van der Waals surface area contributed by atoms with E-state index in [1.54, 1.807) is 23.1 Å². The summed E-state index contributed by atoms with van der Waals surface area (Å²) >= 11 is 0. The molecule has 4 aliphatic heterocycles. The van der Waals surface area contributed by atoms with Crippen LogP contribution in [-0.2, 0) is 26.5 Å². The number of hydrogen-bond acceptors (Lipinski definition) is 11. The van der Waals surface area contributed by atoms with Gasteiger partial charge in [0, 0.05) is 68.6 Å². The van der Waals surface area contributed by atoms with Crippen molar-refractivity contribution in [3.8, 4) is 17.2 Å². The molecule has 2 aromatic carbocycles. The average Bonchev–Trinajstić information content (AvgIpc) is 4.08. The zero-order valence-electron chi connectivity index (χ0n) is 33.6. The first-order valence-electron chi connectivity index (χ1n) is 20.0. The molecule has 2 fully saturated rings. The molecule has 0 spiro atoms. The van der Waals surface area contributed by atoms with Crippen LogP contribution in [0.2, 0.25) is 0 Å². The Morgan fingerprint density at radius 1 is 0.770 bits per heavy atom. The van der Waals surface area contributed by atoms with E-state index in [0.29, 0.717) is 68.9 Å². The van der Waals surface area contributed by atoms with E-state index in [0.717, 1.165) is 34.0 Å². The topological polar surface area (TPSA) is 163 Å². The number of rotatable bonds is 7. The van der Waals surface area contributed by atoms with Crippen LogP contribution in [0.5, 0.6) is 17.2 Å². The van der Waals surface area contributed by atoms with Crippen LogP contribution in [0.1, 0.15) is 78.2 Å². The molecule has 4 aromatic heterocycles. The molecule has 20 heteroatoms. The highest BCUT2D eigenvalue weighted by molar-refractivity contribution is 7.89. The lowest BCUT2D eigenvalue weighted by Gasteiger charge is -2.32. The number of pyridine rings is 2. The largest absolute Gasteiger partial charge is 0.493 e. The first kappa shape index (κ1) is 41.1. The zero-order valence-corrected chi connectivity index (χ0v) is 35.2. The minimum Gasteiger partial charge on any atom is -0.493 e. The summed E-state index contributed by atoms with van der Waals surface area (Å²) in [7, 11) is -6.64. The third-order valence-electron chi connectivity index (χ3n) is 12.2. The van der Waals surface area contributed by atoms with Gasteiger partial charge < -0.3 is 14.2 Å². The van der Waals surface area contributed by atoms with E-state index < -0.39 is 42.4 Å². The van der Waals surface area contributed by atoms with Gasteiger partial charge in [-0.25, -0.2) is 49.0 Å². The maximum absolute atomic E-state index is 15.1. The van der Waals surface area contributed by atoms with Gasteiger partial charge in [-0.3, -0.25) is 0 Å². The van der Waals surface area contributed by atoms with Crippen LogP contribution in [0.15, 0.2) is 65.2 Å². The summed E-state index contributed by atoms with van der Waals surface area (Å²) in [6.07, 6.45) is 9.71. The molecule has 61 heavy (non-hydrogen) atoms. The lowest BCUT2D eigenvalue weighted by molar-refractivity contribution is 0.315. The Labute approximate surface area is 350 Å². The molecular weight excluding hydrogens is 838 g/mol. The first-order chi connectivity index (χ1) is 29.2. The van der Waals surface area contributed by atoms with Gasteiger partial charge in [-0.1, -0.05) is 6.92 Å². The van der Waals surface area contributed by atoms with Gasteiger partial charge in [-0.05, 0) is 84.9 Å². The Morgan fingerprint density at radius 3 is 2.18 bits per heavy atom. The maximum atomic E-state index is 15.1. The Hall–Kier alpha value is -5.31. The molecule has 1 unspecified atom stereocenters. The second-order valence-corrected chi connectivity index (χ2v) is 19.6. The summed E-state index contributed by atoms with van der Waals surface area (Å²) in [5.41, 5.74) is 5.41. The highest BCUT2D eigenvalue weighted by Crippen LogP contribution is 2.42. The number of piperidine rings is 2. The molecule has 4 aliphatic rings. The molecule has 0 aliphatic carbocycles.